The molecule has 0 N–H and O–H groups in total. The van der Waals surface area contributed by atoms with Gasteiger partial charge in [0.15, 0.2) is 0 Å². The SMILES string of the molecule is COC(=O)c1cc(Br)cc2c1OCCC2. The van der Waals surface area contributed by atoms with Crippen LogP contribution in [-0.4, -0.2) is 19.7 Å². The van der Waals surface area contributed by atoms with Gasteiger partial charge in [-0.15, -0.1) is 0 Å². The summed E-state index contributed by atoms with van der Waals surface area (Å²) in [5.41, 5.74) is 1.57. The summed E-state index contributed by atoms with van der Waals surface area (Å²) in [6, 6.07) is 3.72. The minimum atomic E-state index is -0.352. The molecular weight excluding hydrogens is 260 g/mol. The maximum absolute atomic E-state index is 11.5. The molecule has 0 saturated carbocycles. The number of halogens is 1. The van der Waals surface area contributed by atoms with Gasteiger partial charge < -0.3 is 9.47 Å². The van der Waals surface area contributed by atoms with Crippen LogP contribution in [-0.2, 0) is 11.2 Å². The summed E-state index contributed by atoms with van der Waals surface area (Å²) in [5.74, 6) is 0.325. The third-order valence-electron chi connectivity index (χ3n) is 2.37. The third kappa shape index (κ3) is 2.00. The first-order valence-corrected chi connectivity index (χ1v) is 5.55. The van der Waals surface area contributed by atoms with E-state index in [9.17, 15) is 4.79 Å². The highest BCUT2D eigenvalue weighted by Crippen LogP contribution is 2.32. The van der Waals surface area contributed by atoms with Gasteiger partial charge in [-0.1, -0.05) is 15.9 Å². The van der Waals surface area contributed by atoms with E-state index in [0.717, 1.165) is 22.9 Å². The fourth-order valence-corrected chi connectivity index (χ4v) is 2.21. The van der Waals surface area contributed by atoms with Gasteiger partial charge in [0.1, 0.15) is 11.3 Å². The number of carbonyl (C=O) groups excluding carboxylic acids is 1. The summed E-state index contributed by atoms with van der Waals surface area (Å²) in [6.45, 7) is 0.665. The van der Waals surface area contributed by atoms with Gasteiger partial charge in [-0.2, -0.15) is 0 Å². The van der Waals surface area contributed by atoms with Crippen LogP contribution in [0.15, 0.2) is 16.6 Å². The summed E-state index contributed by atoms with van der Waals surface area (Å²) in [7, 11) is 1.37. The molecule has 1 aliphatic rings. The van der Waals surface area contributed by atoms with Crippen LogP contribution in [0.5, 0.6) is 5.75 Å². The average Bonchev–Trinajstić information content (AvgIpc) is 2.26. The molecule has 0 atom stereocenters. The van der Waals surface area contributed by atoms with Gasteiger partial charge in [-0.3, -0.25) is 0 Å². The number of methoxy groups -OCH3 is 1. The molecule has 1 aromatic rings. The smallest absolute Gasteiger partial charge is 0.341 e. The second-order valence-electron chi connectivity index (χ2n) is 3.39. The van der Waals surface area contributed by atoms with Gasteiger partial charge in [0.2, 0.25) is 0 Å². The lowest BCUT2D eigenvalue weighted by Gasteiger charge is -2.19. The highest BCUT2D eigenvalue weighted by Gasteiger charge is 2.20. The number of rotatable bonds is 1. The number of fused-ring (bicyclic) bond motifs is 1. The minimum Gasteiger partial charge on any atom is -0.492 e. The predicted molar refractivity (Wildman–Crippen MR) is 59.3 cm³/mol. The van der Waals surface area contributed by atoms with E-state index in [1.807, 2.05) is 6.07 Å². The largest absolute Gasteiger partial charge is 0.492 e. The quantitative estimate of drug-likeness (QED) is 0.736. The van der Waals surface area contributed by atoms with Crippen LogP contribution < -0.4 is 4.74 Å². The predicted octanol–water partition coefficient (Wildman–Crippen LogP) is 2.56. The molecule has 0 radical (unpaired) electrons. The van der Waals surface area contributed by atoms with Crippen LogP contribution in [0, 0.1) is 0 Å². The molecule has 1 aromatic carbocycles. The number of hydrogen-bond acceptors (Lipinski definition) is 3. The standard InChI is InChI=1S/C11H11BrO3/c1-14-11(13)9-6-8(12)5-7-3-2-4-15-10(7)9/h5-6H,2-4H2,1H3. The van der Waals surface area contributed by atoms with Crippen LogP contribution in [0.2, 0.25) is 0 Å². The topological polar surface area (TPSA) is 35.5 Å². The first-order valence-electron chi connectivity index (χ1n) is 4.76. The van der Waals surface area contributed by atoms with Crippen molar-refractivity contribution >= 4 is 21.9 Å². The summed E-state index contributed by atoms with van der Waals surface area (Å²) in [4.78, 5) is 11.5. The van der Waals surface area contributed by atoms with Crippen LogP contribution in [0.4, 0.5) is 0 Å². The van der Waals surface area contributed by atoms with Gasteiger partial charge in [0.25, 0.3) is 0 Å². The Morgan fingerprint density at radius 2 is 2.33 bits per heavy atom. The lowest BCUT2D eigenvalue weighted by atomic mass is 10.0. The van der Waals surface area contributed by atoms with Crippen molar-refractivity contribution in [3.8, 4) is 5.75 Å². The fourth-order valence-electron chi connectivity index (χ4n) is 1.70. The Morgan fingerprint density at radius 1 is 1.53 bits per heavy atom. The fraction of sp³-hybridized carbons (Fsp3) is 0.364. The monoisotopic (exact) mass is 270 g/mol. The van der Waals surface area contributed by atoms with Crippen LogP contribution in [0.1, 0.15) is 22.3 Å². The van der Waals surface area contributed by atoms with E-state index in [4.69, 9.17) is 9.47 Å². The number of hydrogen-bond donors (Lipinski definition) is 0. The number of benzene rings is 1. The Hall–Kier alpha value is -1.03. The maximum Gasteiger partial charge on any atom is 0.341 e. The van der Waals surface area contributed by atoms with Crippen molar-refractivity contribution in [1.82, 2.24) is 0 Å². The van der Waals surface area contributed by atoms with E-state index < -0.39 is 0 Å². The van der Waals surface area contributed by atoms with E-state index in [2.05, 4.69) is 15.9 Å². The Bertz CT molecular complexity index is 401. The minimum absolute atomic E-state index is 0.352. The number of ether oxygens (including phenoxy) is 2. The zero-order valence-electron chi connectivity index (χ0n) is 8.38. The van der Waals surface area contributed by atoms with Crippen molar-refractivity contribution < 1.29 is 14.3 Å². The first-order chi connectivity index (χ1) is 7.22. The summed E-state index contributed by atoms with van der Waals surface area (Å²) < 4.78 is 11.1. The second kappa shape index (κ2) is 4.23. The molecule has 0 saturated heterocycles. The second-order valence-corrected chi connectivity index (χ2v) is 4.30. The van der Waals surface area contributed by atoms with E-state index in [0.29, 0.717) is 17.9 Å². The number of aryl methyl sites for hydroxylation is 1. The van der Waals surface area contributed by atoms with Gasteiger partial charge in [-0.25, -0.2) is 4.79 Å². The highest BCUT2D eigenvalue weighted by molar-refractivity contribution is 9.10. The molecule has 2 rings (SSSR count). The molecule has 0 fully saturated rings. The molecule has 0 spiro atoms. The molecule has 80 valence electrons. The van der Waals surface area contributed by atoms with Gasteiger partial charge in [0.05, 0.1) is 13.7 Å². The van der Waals surface area contributed by atoms with Crippen molar-refractivity contribution in [2.75, 3.05) is 13.7 Å². The first kappa shape index (κ1) is 10.5. The van der Waals surface area contributed by atoms with E-state index in [1.54, 1.807) is 6.07 Å². The third-order valence-corrected chi connectivity index (χ3v) is 2.83. The molecule has 4 heteroatoms. The van der Waals surface area contributed by atoms with Crippen molar-refractivity contribution in [3.05, 3.63) is 27.7 Å². The Labute approximate surface area is 96.5 Å². The number of esters is 1. The summed E-state index contributed by atoms with van der Waals surface area (Å²) in [6.07, 6.45) is 1.93. The lowest BCUT2D eigenvalue weighted by molar-refractivity contribution is 0.0595. The van der Waals surface area contributed by atoms with E-state index in [1.165, 1.54) is 7.11 Å². The number of carbonyl (C=O) groups is 1. The molecule has 0 aromatic heterocycles. The molecule has 1 aliphatic heterocycles. The molecule has 3 nitrogen and oxygen atoms in total. The molecule has 0 unspecified atom stereocenters. The van der Waals surface area contributed by atoms with E-state index in [-0.39, 0.29) is 5.97 Å². The molecule has 0 amide bonds. The highest BCUT2D eigenvalue weighted by atomic mass is 79.9. The molecule has 15 heavy (non-hydrogen) atoms. The lowest BCUT2D eigenvalue weighted by Crippen LogP contribution is -2.13. The maximum atomic E-state index is 11.5. The zero-order valence-corrected chi connectivity index (χ0v) is 9.96. The molecular formula is C11H11BrO3. The van der Waals surface area contributed by atoms with E-state index >= 15 is 0 Å². The molecule has 0 aliphatic carbocycles. The van der Waals surface area contributed by atoms with Gasteiger partial charge in [0, 0.05) is 4.47 Å². The summed E-state index contributed by atoms with van der Waals surface area (Å²) in [5, 5.41) is 0. The van der Waals surface area contributed by atoms with Crippen LogP contribution in [0.3, 0.4) is 0 Å². The Kier molecular flexibility index (Phi) is 2.95. The van der Waals surface area contributed by atoms with Crippen LogP contribution in [0.25, 0.3) is 0 Å². The Balaban J connectivity index is 2.52. The van der Waals surface area contributed by atoms with Gasteiger partial charge >= 0.3 is 5.97 Å². The normalized spacial score (nSPS) is 14.0. The molecule has 0 bridgehead atoms. The van der Waals surface area contributed by atoms with Crippen molar-refractivity contribution in [2.24, 2.45) is 0 Å². The summed E-state index contributed by atoms with van der Waals surface area (Å²) >= 11 is 3.38. The zero-order chi connectivity index (χ0) is 10.8. The average molecular weight is 271 g/mol. The van der Waals surface area contributed by atoms with Crippen molar-refractivity contribution in [2.45, 2.75) is 12.8 Å². The molecule has 1 heterocycles. The van der Waals surface area contributed by atoms with Gasteiger partial charge in [-0.05, 0) is 30.5 Å². The van der Waals surface area contributed by atoms with Crippen LogP contribution >= 0.6 is 15.9 Å². The Morgan fingerprint density at radius 3 is 3.07 bits per heavy atom. The van der Waals surface area contributed by atoms with Crippen molar-refractivity contribution in [1.29, 1.82) is 0 Å². The van der Waals surface area contributed by atoms with Crippen molar-refractivity contribution in [3.63, 3.8) is 0 Å².